The lowest BCUT2D eigenvalue weighted by molar-refractivity contribution is 0.397. The highest BCUT2D eigenvalue weighted by atomic mass is 79.9. The molecule has 0 amide bonds. The number of hydrogen-bond acceptors (Lipinski definition) is 2. The van der Waals surface area contributed by atoms with Crippen molar-refractivity contribution in [1.82, 2.24) is 0 Å². The maximum Gasteiger partial charge on any atom is 0.133 e. The smallest absolute Gasteiger partial charge is 0.133 e. The van der Waals surface area contributed by atoms with Crippen LogP contribution in [0, 0.1) is 0 Å². The molecule has 0 saturated heterocycles. The molecular formula is C10H12Br2O2. The van der Waals surface area contributed by atoms with Crippen LogP contribution in [0.3, 0.4) is 0 Å². The zero-order valence-corrected chi connectivity index (χ0v) is 11.5. The summed E-state index contributed by atoms with van der Waals surface area (Å²) in [6, 6.07) is 3.87. The van der Waals surface area contributed by atoms with Gasteiger partial charge in [-0.05, 0) is 35.0 Å². The molecule has 0 N–H and O–H groups in total. The quantitative estimate of drug-likeness (QED) is 0.785. The summed E-state index contributed by atoms with van der Waals surface area (Å²) in [5.41, 5.74) is 1.08. The van der Waals surface area contributed by atoms with Crippen LogP contribution >= 0.6 is 31.9 Å². The maximum absolute atomic E-state index is 5.27. The Hall–Kier alpha value is -0.220. The summed E-state index contributed by atoms with van der Waals surface area (Å²) in [5.74, 6) is 1.66. The standard InChI is InChI=1S/C10H12Br2O2/c1-6(11)7-4-10(14-3)8(12)5-9(7)13-2/h4-6H,1-3H3. The van der Waals surface area contributed by atoms with E-state index in [-0.39, 0.29) is 4.83 Å². The summed E-state index contributed by atoms with van der Waals surface area (Å²) in [6.07, 6.45) is 0. The van der Waals surface area contributed by atoms with Crippen LogP contribution < -0.4 is 9.47 Å². The topological polar surface area (TPSA) is 18.5 Å². The van der Waals surface area contributed by atoms with Gasteiger partial charge >= 0.3 is 0 Å². The van der Waals surface area contributed by atoms with Gasteiger partial charge in [-0.25, -0.2) is 0 Å². The monoisotopic (exact) mass is 322 g/mol. The third-order valence-electron chi connectivity index (χ3n) is 1.93. The third kappa shape index (κ3) is 2.42. The molecule has 0 aliphatic heterocycles. The molecule has 0 aliphatic carbocycles. The van der Waals surface area contributed by atoms with Crippen molar-refractivity contribution in [3.05, 3.63) is 22.2 Å². The fraction of sp³-hybridized carbons (Fsp3) is 0.400. The lowest BCUT2D eigenvalue weighted by atomic mass is 10.1. The number of hydrogen-bond donors (Lipinski definition) is 0. The summed E-state index contributed by atoms with van der Waals surface area (Å²) < 4.78 is 11.4. The van der Waals surface area contributed by atoms with Crippen LogP contribution in [-0.4, -0.2) is 14.2 Å². The van der Waals surface area contributed by atoms with E-state index >= 15 is 0 Å². The molecule has 1 atom stereocenters. The Kier molecular flexibility index (Phi) is 4.26. The zero-order valence-electron chi connectivity index (χ0n) is 8.30. The molecule has 0 radical (unpaired) electrons. The number of ether oxygens (including phenoxy) is 2. The van der Waals surface area contributed by atoms with E-state index in [1.165, 1.54) is 0 Å². The number of alkyl halides is 1. The van der Waals surface area contributed by atoms with Crippen LogP contribution in [0.2, 0.25) is 0 Å². The first-order valence-corrected chi connectivity index (χ1v) is 5.86. The Labute approximate surface area is 101 Å². The lowest BCUT2D eigenvalue weighted by Crippen LogP contribution is -1.95. The van der Waals surface area contributed by atoms with Gasteiger partial charge < -0.3 is 9.47 Å². The van der Waals surface area contributed by atoms with Crippen LogP contribution in [0.1, 0.15) is 17.3 Å². The predicted molar refractivity (Wildman–Crippen MR) is 64.6 cm³/mol. The largest absolute Gasteiger partial charge is 0.496 e. The molecule has 0 aliphatic rings. The van der Waals surface area contributed by atoms with E-state index in [1.54, 1.807) is 14.2 Å². The summed E-state index contributed by atoms with van der Waals surface area (Å²) in [7, 11) is 3.31. The van der Waals surface area contributed by atoms with Crippen molar-refractivity contribution in [3.8, 4) is 11.5 Å². The Morgan fingerprint density at radius 3 is 2.14 bits per heavy atom. The summed E-state index contributed by atoms with van der Waals surface area (Å²) >= 11 is 6.92. The summed E-state index contributed by atoms with van der Waals surface area (Å²) in [6.45, 7) is 2.05. The van der Waals surface area contributed by atoms with Crippen molar-refractivity contribution >= 4 is 31.9 Å². The Balaban J connectivity index is 3.25. The van der Waals surface area contributed by atoms with Crippen molar-refractivity contribution in [2.45, 2.75) is 11.8 Å². The average Bonchev–Trinajstić information content (AvgIpc) is 2.16. The molecule has 0 heterocycles. The average molecular weight is 324 g/mol. The van der Waals surface area contributed by atoms with E-state index in [9.17, 15) is 0 Å². The minimum absolute atomic E-state index is 0.236. The second-order valence-electron chi connectivity index (χ2n) is 2.84. The molecule has 14 heavy (non-hydrogen) atoms. The molecule has 2 nitrogen and oxygen atoms in total. The predicted octanol–water partition coefficient (Wildman–Crippen LogP) is 3.92. The third-order valence-corrected chi connectivity index (χ3v) is 3.05. The first kappa shape index (κ1) is 11.9. The Morgan fingerprint density at radius 1 is 1.14 bits per heavy atom. The molecule has 0 aromatic heterocycles. The fourth-order valence-corrected chi connectivity index (χ4v) is 2.04. The van der Waals surface area contributed by atoms with Gasteiger partial charge in [-0.3, -0.25) is 0 Å². The van der Waals surface area contributed by atoms with Crippen LogP contribution in [-0.2, 0) is 0 Å². The van der Waals surface area contributed by atoms with Crippen molar-refractivity contribution < 1.29 is 9.47 Å². The van der Waals surface area contributed by atoms with Crippen LogP contribution in [0.5, 0.6) is 11.5 Å². The molecule has 1 rings (SSSR count). The maximum atomic E-state index is 5.27. The molecule has 1 unspecified atom stereocenters. The van der Waals surface area contributed by atoms with E-state index in [2.05, 4.69) is 31.9 Å². The molecule has 0 spiro atoms. The highest BCUT2D eigenvalue weighted by Crippen LogP contribution is 2.38. The minimum Gasteiger partial charge on any atom is -0.496 e. The van der Waals surface area contributed by atoms with Gasteiger partial charge in [0.15, 0.2) is 0 Å². The fourth-order valence-electron chi connectivity index (χ4n) is 1.19. The number of benzene rings is 1. The van der Waals surface area contributed by atoms with E-state index < -0.39 is 0 Å². The lowest BCUT2D eigenvalue weighted by Gasteiger charge is -2.13. The zero-order chi connectivity index (χ0) is 10.7. The van der Waals surface area contributed by atoms with Gasteiger partial charge in [0.25, 0.3) is 0 Å². The van der Waals surface area contributed by atoms with E-state index in [0.717, 1.165) is 21.5 Å². The van der Waals surface area contributed by atoms with Gasteiger partial charge in [0.05, 0.1) is 18.7 Å². The molecule has 0 saturated carbocycles. The van der Waals surface area contributed by atoms with Crippen LogP contribution in [0.25, 0.3) is 0 Å². The SMILES string of the molecule is COc1cc(C(C)Br)c(OC)cc1Br. The van der Waals surface area contributed by atoms with E-state index in [4.69, 9.17) is 9.47 Å². The second kappa shape index (κ2) is 5.03. The summed E-state index contributed by atoms with van der Waals surface area (Å²) in [4.78, 5) is 0.236. The Bertz CT molecular complexity index is 324. The molecule has 0 fully saturated rings. The number of rotatable bonds is 3. The first-order valence-electron chi connectivity index (χ1n) is 4.15. The van der Waals surface area contributed by atoms with Crippen molar-refractivity contribution in [2.75, 3.05) is 14.2 Å². The van der Waals surface area contributed by atoms with Crippen LogP contribution in [0.4, 0.5) is 0 Å². The molecule has 1 aromatic carbocycles. The molecule has 0 bridgehead atoms. The summed E-state index contributed by atoms with van der Waals surface area (Å²) in [5, 5.41) is 0. The van der Waals surface area contributed by atoms with Gasteiger partial charge in [-0.1, -0.05) is 15.9 Å². The van der Waals surface area contributed by atoms with Gasteiger partial charge in [0.2, 0.25) is 0 Å². The van der Waals surface area contributed by atoms with E-state index in [0.29, 0.717) is 0 Å². The number of halogens is 2. The normalized spacial score (nSPS) is 12.4. The van der Waals surface area contributed by atoms with Crippen molar-refractivity contribution in [3.63, 3.8) is 0 Å². The molecular weight excluding hydrogens is 312 g/mol. The van der Waals surface area contributed by atoms with Gasteiger partial charge in [-0.15, -0.1) is 0 Å². The number of methoxy groups -OCH3 is 2. The minimum atomic E-state index is 0.236. The Morgan fingerprint density at radius 2 is 1.71 bits per heavy atom. The van der Waals surface area contributed by atoms with Gasteiger partial charge in [0, 0.05) is 10.4 Å². The second-order valence-corrected chi connectivity index (χ2v) is 5.07. The highest BCUT2D eigenvalue weighted by molar-refractivity contribution is 9.10. The first-order chi connectivity index (χ1) is 6.60. The van der Waals surface area contributed by atoms with Gasteiger partial charge in [-0.2, -0.15) is 0 Å². The van der Waals surface area contributed by atoms with Crippen molar-refractivity contribution in [1.29, 1.82) is 0 Å². The van der Waals surface area contributed by atoms with Crippen molar-refractivity contribution in [2.24, 2.45) is 0 Å². The van der Waals surface area contributed by atoms with E-state index in [1.807, 2.05) is 19.1 Å². The van der Waals surface area contributed by atoms with Gasteiger partial charge in [0.1, 0.15) is 11.5 Å². The molecule has 1 aromatic rings. The van der Waals surface area contributed by atoms with Crippen LogP contribution in [0.15, 0.2) is 16.6 Å². The highest BCUT2D eigenvalue weighted by Gasteiger charge is 2.12. The molecule has 4 heteroatoms. The molecule has 78 valence electrons.